The first-order chi connectivity index (χ1) is 11.5. The third kappa shape index (κ3) is 3.71. The molecule has 2 aromatic carbocycles. The Morgan fingerprint density at radius 3 is 2.62 bits per heavy atom. The summed E-state index contributed by atoms with van der Waals surface area (Å²) in [5.41, 5.74) is 0.346. The number of hydrogen-bond donors (Lipinski definition) is 1. The average Bonchev–Trinajstić information content (AvgIpc) is 2.57. The molecular weight excluding hydrogens is 377 g/mol. The van der Waals surface area contributed by atoms with Gasteiger partial charge >= 0.3 is 5.63 Å². The lowest BCUT2D eigenvalue weighted by atomic mass is 10.1. The summed E-state index contributed by atoms with van der Waals surface area (Å²) in [5, 5.41) is 3.28. The molecule has 1 aromatic heterocycles. The van der Waals surface area contributed by atoms with Crippen LogP contribution in [0.5, 0.6) is 0 Å². The molecular formula is C18H13BrFNO3. The van der Waals surface area contributed by atoms with Crippen LogP contribution in [0.2, 0.25) is 0 Å². The zero-order valence-electron chi connectivity index (χ0n) is 12.5. The third-order valence-corrected chi connectivity index (χ3v) is 4.09. The first-order valence-corrected chi connectivity index (χ1v) is 8.08. The van der Waals surface area contributed by atoms with E-state index in [0.717, 1.165) is 16.1 Å². The van der Waals surface area contributed by atoms with Crippen molar-refractivity contribution in [3.05, 3.63) is 80.6 Å². The van der Waals surface area contributed by atoms with Gasteiger partial charge in [-0.15, -0.1) is 0 Å². The number of rotatable bonds is 4. The topological polar surface area (TPSA) is 59.3 Å². The lowest BCUT2D eigenvalue weighted by Gasteiger charge is -2.06. The molecule has 122 valence electrons. The Bertz CT molecular complexity index is 951. The molecule has 3 rings (SSSR count). The lowest BCUT2D eigenvalue weighted by Crippen LogP contribution is -2.26. The van der Waals surface area contributed by atoms with Gasteiger partial charge in [0.25, 0.3) is 5.91 Å². The highest BCUT2D eigenvalue weighted by Gasteiger charge is 2.12. The van der Waals surface area contributed by atoms with Crippen molar-refractivity contribution in [2.24, 2.45) is 0 Å². The van der Waals surface area contributed by atoms with Crippen LogP contribution < -0.4 is 10.9 Å². The van der Waals surface area contributed by atoms with Crippen LogP contribution in [0, 0.1) is 5.82 Å². The molecule has 0 aliphatic carbocycles. The fourth-order valence-corrected chi connectivity index (χ4v) is 2.59. The second kappa shape index (κ2) is 6.97. The summed E-state index contributed by atoms with van der Waals surface area (Å²) in [5.74, 6) is -1.09. The second-order valence-electron chi connectivity index (χ2n) is 5.26. The molecule has 0 saturated carbocycles. The van der Waals surface area contributed by atoms with E-state index in [1.807, 2.05) is 24.3 Å². The Morgan fingerprint density at radius 2 is 1.88 bits per heavy atom. The molecule has 1 amide bonds. The van der Waals surface area contributed by atoms with Crippen LogP contribution in [0.25, 0.3) is 10.8 Å². The Morgan fingerprint density at radius 1 is 1.12 bits per heavy atom. The van der Waals surface area contributed by atoms with Crippen LogP contribution in [-0.2, 0) is 6.42 Å². The van der Waals surface area contributed by atoms with Crippen molar-refractivity contribution < 1.29 is 13.6 Å². The minimum absolute atomic E-state index is 0.0880. The van der Waals surface area contributed by atoms with Crippen molar-refractivity contribution in [2.45, 2.75) is 6.42 Å². The van der Waals surface area contributed by atoms with Crippen LogP contribution >= 0.6 is 15.9 Å². The van der Waals surface area contributed by atoms with Crippen LogP contribution in [-0.4, -0.2) is 12.5 Å². The van der Waals surface area contributed by atoms with Crippen molar-refractivity contribution in [3.63, 3.8) is 0 Å². The first kappa shape index (κ1) is 16.4. The van der Waals surface area contributed by atoms with E-state index in [0.29, 0.717) is 18.4 Å². The largest absolute Gasteiger partial charge is 0.417 e. The number of carbonyl (C=O) groups is 1. The smallest absolute Gasteiger partial charge is 0.344 e. The predicted octanol–water partition coefficient (Wildman–Crippen LogP) is 3.67. The minimum Gasteiger partial charge on any atom is -0.417 e. The monoisotopic (exact) mass is 389 g/mol. The Balaban J connectivity index is 1.71. The van der Waals surface area contributed by atoms with Crippen LogP contribution in [0.15, 0.2) is 62.2 Å². The number of carbonyl (C=O) groups excluding carboxylic acids is 1. The molecule has 3 aromatic rings. The molecule has 0 spiro atoms. The third-order valence-electron chi connectivity index (χ3n) is 3.56. The van der Waals surface area contributed by atoms with E-state index in [4.69, 9.17) is 4.42 Å². The van der Waals surface area contributed by atoms with E-state index in [1.165, 1.54) is 18.2 Å². The van der Waals surface area contributed by atoms with Gasteiger partial charge in [0.1, 0.15) is 5.82 Å². The van der Waals surface area contributed by atoms with Crippen LogP contribution in [0.3, 0.4) is 0 Å². The van der Waals surface area contributed by atoms with Gasteiger partial charge in [-0.1, -0.05) is 34.1 Å². The van der Waals surface area contributed by atoms with Crippen LogP contribution in [0.1, 0.15) is 16.1 Å². The maximum atomic E-state index is 13.2. The molecule has 0 aliphatic rings. The van der Waals surface area contributed by atoms with Crippen molar-refractivity contribution in [1.82, 2.24) is 5.32 Å². The maximum Gasteiger partial charge on any atom is 0.344 e. The van der Waals surface area contributed by atoms with E-state index in [9.17, 15) is 14.0 Å². The van der Waals surface area contributed by atoms with Crippen molar-refractivity contribution in [2.75, 3.05) is 6.54 Å². The van der Waals surface area contributed by atoms with E-state index in [2.05, 4.69) is 21.2 Å². The summed E-state index contributed by atoms with van der Waals surface area (Å²) >= 11 is 3.36. The second-order valence-corrected chi connectivity index (χ2v) is 6.18. The van der Waals surface area contributed by atoms with E-state index >= 15 is 0 Å². The Kier molecular flexibility index (Phi) is 4.76. The summed E-state index contributed by atoms with van der Waals surface area (Å²) in [6.07, 6.45) is 0.655. The number of amides is 1. The van der Waals surface area contributed by atoms with Gasteiger partial charge in [0, 0.05) is 11.0 Å². The zero-order chi connectivity index (χ0) is 17.1. The zero-order valence-corrected chi connectivity index (χ0v) is 14.1. The average molecular weight is 390 g/mol. The van der Waals surface area contributed by atoms with E-state index in [1.54, 1.807) is 0 Å². The van der Waals surface area contributed by atoms with Gasteiger partial charge in [-0.3, -0.25) is 4.79 Å². The molecule has 0 aliphatic heterocycles. The van der Waals surface area contributed by atoms with Gasteiger partial charge < -0.3 is 9.73 Å². The molecule has 4 nitrogen and oxygen atoms in total. The van der Waals surface area contributed by atoms with Gasteiger partial charge in [0.15, 0.2) is 5.76 Å². The summed E-state index contributed by atoms with van der Waals surface area (Å²) in [4.78, 5) is 24.0. The van der Waals surface area contributed by atoms with Gasteiger partial charge in [-0.05, 0) is 47.7 Å². The highest BCUT2D eigenvalue weighted by molar-refractivity contribution is 9.10. The Hall–Kier alpha value is -2.47. The molecule has 0 atom stereocenters. The summed E-state index contributed by atoms with van der Waals surface area (Å²) in [6, 6.07) is 13.0. The van der Waals surface area contributed by atoms with Gasteiger partial charge in [0.2, 0.25) is 0 Å². The standard InChI is InChI=1S/C18H13BrFNO3/c19-13-4-1-11(2-5-13)7-8-21-17(22)16-9-12-3-6-14(20)10-15(12)18(23)24-16/h1-6,9-10H,7-8H2,(H,21,22). The first-order valence-electron chi connectivity index (χ1n) is 7.29. The van der Waals surface area contributed by atoms with Gasteiger partial charge in [-0.25, -0.2) is 9.18 Å². The van der Waals surface area contributed by atoms with Gasteiger partial charge in [-0.2, -0.15) is 0 Å². The fraction of sp³-hybridized carbons (Fsp3) is 0.111. The summed E-state index contributed by atoms with van der Waals surface area (Å²) in [6.45, 7) is 0.408. The van der Waals surface area contributed by atoms with Crippen molar-refractivity contribution >= 4 is 32.6 Å². The summed E-state index contributed by atoms with van der Waals surface area (Å²) in [7, 11) is 0. The highest BCUT2D eigenvalue weighted by atomic mass is 79.9. The predicted molar refractivity (Wildman–Crippen MR) is 92.6 cm³/mol. The van der Waals surface area contributed by atoms with E-state index < -0.39 is 17.3 Å². The van der Waals surface area contributed by atoms with Crippen LogP contribution in [0.4, 0.5) is 4.39 Å². The minimum atomic E-state index is -0.731. The highest BCUT2D eigenvalue weighted by Crippen LogP contribution is 2.14. The molecule has 24 heavy (non-hydrogen) atoms. The maximum absolute atomic E-state index is 13.2. The Labute approximate surface area is 145 Å². The van der Waals surface area contributed by atoms with Crippen molar-refractivity contribution in [1.29, 1.82) is 0 Å². The van der Waals surface area contributed by atoms with Gasteiger partial charge in [0.05, 0.1) is 5.39 Å². The SMILES string of the molecule is O=C(NCCc1ccc(Br)cc1)c1cc2ccc(F)cc2c(=O)o1. The normalized spacial score (nSPS) is 10.8. The number of halogens is 2. The van der Waals surface area contributed by atoms with E-state index in [-0.39, 0.29) is 11.1 Å². The number of fused-ring (bicyclic) bond motifs is 1. The molecule has 0 radical (unpaired) electrons. The summed E-state index contributed by atoms with van der Waals surface area (Å²) < 4.78 is 19.1. The number of benzene rings is 2. The fourth-order valence-electron chi connectivity index (χ4n) is 2.33. The number of hydrogen-bond acceptors (Lipinski definition) is 3. The lowest BCUT2D eigenvalue weighted by molar-refractivity contribution is 0.0922. The molecule has 0 fully saturated rings. The molecule has 0 bridgehead atoms. The molecule has 0 unspecified atom stereocenters. The molecule has 6 heteroatoms. The molecule has 1 heterocycles. The number of nitrogens with one attached hydrogen (secondary N) is 1. The van der Waals surface area contributed by atoms with Crippen molar-refractivity contribution in [3.8, 4) is 0 Å². The quantitative estimate of drug-likeness (QED) is 0.740. The molecule has 0 saturated heterocycles. The molecule has 1 N–H and O–H groups in total.